The third-order valence-corrected chi connectivity index (χ3v) is 5.78. The van der Waals surface area contributed by atoms with E-state index in [9.17, 15) is 0 Å². The zero-order valence-electron chi connectivity index (χ0n) is 19.2. The molecule has 32 heavy (non-hydrogen) atoms. The predicted molar refractivity (Wildman–Crippen MR) is 127 cm³/mol. The van der Waals surface area contributed by atoms with Gasteiger partial charge in [0, 0.05) is 18.2 Å². The van der Waals surface area contributed by atoms with E-state index in [2.05, 4.69) is 11.8 Å². The van der Waals surface area contributed by atoms with Gasteiger partial charge in [-0.2, -0.15) is 0 Å². The first-order valence-corrected chi connectivity index (χ1v) is 11.4. The first-order chi connectivity index (χ1) is 15.7. The first-order valence-electron chi connectivity index (χ1n) is 11.4. The van der Waals surface area contributed by atoms with E-state index < -0.39 is 0 Å². The van der Waals surface area contributed by atoms with Crippen LogP contribution < -0.4 is 18.9 Å². The summed E-state index contributed by atoms with van der Waals surface area (Å²) in [5.41, 5.74) is 2.54. The molecule has 0 aliphatic carbocycles. The van der Waals surface area contributed by atoms with Crippen molar-refractivity contribution in [1.29, 1.82) is 0 Å². The molecular formula is C26H32N2O4. The highest BCUT2D eigenvalue weighted by Gasteiger charge is 2.18. The molecule has 0 bridgehead atoms. The number of hydrogen-bond donors (Lipinski definition) is 0. The molecule has 0 N–H and O–H groups in total. The maximum atomic E-state index is 6.32. The Morgan fingerprint density at radius 1 is 0.844 bits per heavy atom. The van der Waals surface area contributed by atoms with Gasteiger partial charge in [-0.25, -0.2) is 4.98 Å². The largest absolute Gasteiger partial charge is 0.496 e. The summed E-state index contributed by atoms with van der Waals surface area (Å²) in [6, 6.07) is 13.8. The van der Waals surface area contributed by atoms with Crippen molar-refractivity contribution in [2.45, 2.75) is 26.2 Å². The molecule has 1 saturated heterocycles. The monoisotopic (exact) mass is 436 g/mol. The molecule has 1 aromatic heterocycles. The standard InChI is InChI=1S/C26H32N2O4/c1-4-16-31-20-9-7-19(8-10-20)21-18-24(32-17-15-28-13-5-6-14-28)25-22(29-2)11-12-23(30-3)26(25)27-21/h7-12,18H,4-6,13-17H2,1-3H3. The van der Waals surface area contributed by atoms with Crippen molar-refractivity contribution >= 4 is 10.9 Å². The molecule has 0 spiro atoms. The summed E-state index contributed by atoms with van der Waals surface area (Å²) in [7, 11) is 3.32. The van der Waals surface area contributed by atoms with Crippen molar-refractivity contribution in [3.8, 4) is 34.3 Å². The molecule has 3 aromatic rings. The number of likely N-dealkylation sites (tertiary alicyclic amines) is 1. The number of pyridine rings is 1. The van der Waals surface area contributed by atoms with Gasteiger partial charge in [-0.3, -0.25) is 4.90 Å². The van der Waals surface area contributed by atoms with Gasteiger partial charge in [0.2, 0.25) is 0 Å². The molecule has 0 atom stereocenters. The molecule has 0 saturated carbocycles. The minimum absolute atomic E-state index is 0.614. The Bertz CT molecular complexity index is 1030. The van der Waals surface area contributed by atoms with E-state index in [-0.39, 0.29) is 0 Å². The Morgan fingerprint density at radius 3 is 2.25 bits per heavy atom. The van der Waals surface area contributed by atoms with Gasteiger partial charge in [0.05, 0.1) is 31.9 Å². The molecule has 0 unspecified atom stereocenters. The highest BCUT2D eigenvalue weighted by molar-refractivity contribution is 5.97. The van der Waals surface area contributed by atoms with Crippen molar-refractivity contribution in [1.82, 2.24) is 9.88 Å². The van der Waals surface area contributed by atoms with Crippen molar-refractivity contribution in [2.75, 3.05) is 47.1 Å². The van der Waals surface area contributed by atoms with Crippen LogP contribution in [-0.2, 0) is 0 Å². The minimum Gasteiger partial charge on any atom is -0.496 e. The van der Waals surface area contributed by atoms with Crippen LogP contribution in [0, 0.1) is 0 Å². The Morgan fingerprint density at radius 2 is 1.56 bits per heavy atom. The van der Waals surface area contributed by atoms with Crippen LogP contribution >= 0.6 is 0 Å². The molecule has 1 fully saturated rings. The van der Waals surface area contributed by atoms with Gasteiger partial charge >= 0.3 is 0 Å². The third kappa shape index (κ3) is 4.91. The quantitative estimate of drug-likeness (QED) is 0.436. The number of nitrogens with zero attached hydrogens (tertiary/aromatic N) is 2. The van der Waals surface area contributed by atoms with E-state index in [0.717, 1.165) is 65.5 Å². The molecule has 1 aliphatic heterocycles. The molecule has 1 aliphatic rings. The lowest BCUT2D eigenvalue weighted by Crippen LogP contribution is -2.25. The highest BCUT2D eigenvalue weighted by atomic mass is 16.5. The van der Waals surface area contributed by atoms with Gasteiger partial charge < -0.3 is 18.9 Å². The lowest BCUT2D eigenvalue weighted by molar-refractivity contribution is 0.239. The Balaban J connectivity index is 1.71. The normalized spacial score (nSPS) is 14.0. The molecule has 2 heterocycles. The summed E-state index contributed by atoms with van der Waals surface area (Å²) < 4.78 is 23.3. The number of hydrogen-bond acceptors (Lipinski definition) is 6. The molecule has 4 rings (SSSR count). The average molecular weight is 437 g/mol. The van der Waals surface area contributed by atoms with E-state index >= 15 is 0 Å². The fourth-order valence-corrected chi connectivity index (χ4v) is 4.08. The summed E-state index contributed by atoms with van der Waals surface area (Å²) in [6.07, 6.45) is 3.52. The molecule has 170 valence electrons. The molecule has 6 nitrogen and oxygen atoms in total. The van der Waals surface area contributed by atoms with Gasteiger partial charge in [0.1, 0.15) is 35.1 Å². The highest BCUT2D eigenvalue weighted by Crippen LogP contribution is 2.40. The Kier molecular flexibility index (Phi) is 7.32. The second-order valence-electron chi connectivity index (χ2n) is 7.97. The van der Waals surface area contributed by atoms with Crippen LogP contribution in [0.2, 0.25) is 0 Å². The fourth-order valence-electron chi connectivity index (χ4n) is 4.08. The summed E-state index contributed by atoms with van der Waals surface area (Å²) in [5.74, 6) is 3.03. The summed E-state index contributed by atoms with van der Waals surface area (Å²) in [6.45, 7) is 6.63. The van der Waals surface area contributed by atoms with Crippen molar-refractivity contribution in [2.24, 2.45) is 0 Å². The van der Waals surface area contributed by atoms with E-state index in [1.54, 1.807) is 14.2 Å². The maximum Gasteiger partial charge on any atom is 0.145 e. The van der Waals surface area contributed by atoms with Crippen molar-refractivity contribution in [3.63, 3.8) is 0 Å². The van der Waals surface area contributed by atoms with E-state index in [1.165, 1.54) is 12.8 Å². The van der Waals surface area contributed by atoms with Crippen molar-refractivity contribution in [3.05, 3.63) is 42.5 Å². The van der Waals surface area contributed by atoms with Crippen LogP contribution in [0.5, 0.6) is 23.0 Å². The van der Waals surface area contributed by atoms with Gasteiger partial charge in [-0.1, -0.05) is 6.92 Å². The number of benzene rings is 2. The van der Waals surface area contributed by atoms with Crippen molar-refractivity contribution < 1.29 is 18.9 Å². The summed E-state index contributed by atoms with van der Waals surface area (Å²) in [4.78, 5) is 7.37. The second-order valence-corrected chi connectivity index (χ2v) is 7.97. The topological polar surface area (TPSA) is 53.1 Å². The molecular weight excluding hydrogens is 404 g/mol. The molecule has 6 heteroatoms. The number of methoxy groups -OCH3 is 2. The van der Waals surface area contributed by atoms with Gasteiger partial charge in [-0.15, -0.1) is 0 Å². The zero-order chi connectivity index (χ0) is 22.3. The summed E-state index contributed by atoms with van der Waals surface area (Å²) in [5, 5.41) is 0.833. The zero-order valence-corrected chi connectivity index (χ0v) is 19.2. The Hall–Kier alpha value is -2.99. The molecule has 0 amide bonds. The smallest absolute Gasteiger partial charge is 0.145 e. The minimum atomic E-state index is 0.614. The van der Waals surface area contributed by atoms with Crippen LogP contribution in [-0.4, -0.2) is 57.0 Å². The van der Waals surface area contributed by atoms with Gasteiger partial charge in [0.25, 0.3) is 0 Å². The van der Waals surface area contributed by atoms with E-state index in [1.807, 2.05) is 42.5 Å². The van der Waals surface area contributed by atoms with Gasteiger partial charge in [-0.05, 0) is 68.8 Å². The van der Waals surface area contributed by atoms with Crippen LogP contribution in [0.15, 0.2) is 42.5 Å². The number of fused-ring (bicyclic) bond motifs is 1. The van der Waals surface area contributed by atoms with Crippen LogP contribution in [0.3, 0.4) is 0 Å². The fraction of sp³-hybridized carbons (Fsp3) is 0.423. The third-order valence-electron chi connectivity index (χ3n) is 5.78. The predicted octanol–water partition coefficient (Wildman–Crippen LogP) is 5.18. The lowest BCUT2D eigenvalue weighted by Gasteiger charge is -2.18. The van der Waals surface area contributed by atoms with E-state index in [4.69, 9.17) is 23.9 Å². The number of ether oxygens (including phenoxy) is 4. The number of aromatic nitrogens is 1. The summed E-state index contributed by atoms with van der Waals surface area (Å²) >= 11 is 0. The first kappa shape index (κ1) is 22.2. The van der Waals surface area contributed by atoms with Crippen LogP contribution in [0.25, 0.3) is 22.2 Å². The molecule has 0 radical (unpaired) electrons. The lowest BCUT2D eigenvalue weighted by atomic mass is 10.1. The van der Waals surface area contributed by atoms with E-state index in [0.29, 0.717) is 19.0 Å². The number of rotatable bonds is 10. The average Bonchev–Trinajstić information content (AvgIpc) is 3.35. The molecule has 2 aromatic carbocycles. The second kappa shape index (κ2) is 10.6. The van der Waals surface area contributed by atoms with Crippen LogP contribution in [0.4, 0.5) is 0 Å². The van der Waals surface area contributed by atoms with Gasteiger partial charge in [0.15, 0.2) is 0 Å². The van der Waals surface area contributed by atoms with Crippen LogP contribution in [0.1, 0.15) is 26.2 Å². The maximum absolute atomic E-state index is 6.32. The Labute approximate surface area is 190 Å². The SMILES string of the molecule is CCCOc1ccc(-c2cc(OCCN3CCCC3)c3c(OC)ccc(OC)c3n2)cc1.